The fraction of sp³-hybridized carbons (Fsp3) is 0.471. The molecular weight excluding hydrogens is 282 g/mol. The summed E-state index contributed by atoms with van der Waals surface area (Å²) < 4.78 is 2.12. The van der Waals surface area contributed by atoms with E-state index >= 15 is 0 Å². The van der Waals surface area contributed by atoms with E-state index in [0.717, 1.165) is 22.7 Å². The number of hydrogen-bond donors (Lipinski definition) is 1. The van der Waals surface area contributed by atoms with Crippen molar-refractivity contribution in [1.82, 2.24) is 9.78 Å². The van der Waals surface area contributed by atoms with Gasteiger partial charge in [-0.2, -0.15) is 5.10 Å². The lowest BCUT2D eigenvalue weighted by atomic mass is 9.98. The van der Waals surface area contributed by atoms with E-state index in [4.69, 9.17) is 22.4 Å². The molecule has 3 nitrogen and oxygen atoms in total. The van der Waals surface area contributed by atoms with Crippen molar-refractivity contribution >= 4 is 11.6 Å². The van der Waals surface area contributed by atoms with Crippen molar-refractivity contribution in [2.45, 2.75) is 51.1 Å². The van der Waals surface area contributed by atoms with Crippen molar-refractivity contribution in [2.24, 2.45) is 5.73 Å². The predicted octanol–water partition coefficient (Wildman–Crippen LogP) is 4.20. The molecule has 2 N–H and O–H groups in total. The van der Waals surface area contributed by atoms with Crippen LogP contribution in [-0.4, -0.2) is 9.78 Å². The van der Waals surface area contributed by atoms with Gasteiger partial charge >= 0.3 is 0 Å². The monoisotopic (exact) mass is 303 g/mol. The number of halogens is 1. The maximum Gasteiger partial charge on any atom is 0.0643 e. The summed E-state index contributed by atoms with van der Waals surface area (Å²) in [4.78, 5) is 0. The van der Waals surface area contributed by atoms with E-state index in [1.807, 2.05) is 18.2 Å². The number of rotatable bonds is 4. The minimum absolute atomic E-state index is 0.0596. The van der Waals surface area contributed by atoms with E-state index in [2.05, 4.69) is 23.9 Å². The van der Waals surface area contributed by atoms with Crippen LogP contribution < -0.4 is 5.73 Å². The molecule has 1 aromatic carbocycles. The van der Waals surface area contributed by atoms with Gasteiger partial charge in [-0.05, 0) is 49.1 Å². The van der Waals surface area contributed by atoms with Gasteiger partial charge in [0.05, 0.1) is 11.7 Å². The smallest absolute Gasteiger partial charge is 0.0643 e. The van der Waals surface area contributed by atoms with Gasteiger partial charge in [-0.25, -0.2) is 0 Å². The summed E-state index contributed by atoms with van der Waals surface area (Å²) in [6.45, 7) is 2.07. The van der Waals surface area contributed by atoms with Crippen LogP contribution in [0.2, 0.25) is 5.02 Å². The third-order valence-electron chi connectivity index (χ3n) is 4.43. The third-order valence-corrected chi connectivity index (χ3v) is 4.67. The molecule has 0 saturated heterocycles. The Morgan fingerprint density at radius 2 is 2.10 bits per heavy atom. The molecule has 3 rings (SSSR count). The van der Waals surface area contributed by atoms with Crippen molar-refractivity contribution in [3.05, 3.63) is 52.3 Å². The lowest BCUT2D eigenvalue weighted by molar-refractivity contribution is 0.461. The second-order valence-corrected chi connectivity index (χ2v) is 6.47. The molecule has 21 heavy (non-hydrogen) atoms. The normalized spacial score (nSPS) is 17.3. The minimum atomic E-state index is -0.0596. The zero-order valence-electron chi connectivity index (χ0n) is 12.4. The maximum absolute atomic E-state index is 6.35. The molecule has 1 aromatic heterocycles. The van der Waals surface area contributed by atoms with E-state index < -0.39 is 0 Å². The first-order chi connectivity index (χ1) is 10.1. The number of aryl methyl sites for hydroxylation is 1. The first kappa shape index (κ1) is 14.6. The van der Waals surface area contributed by atoms with Crippen LogP contribution in [0, 0.1) is 6.92 Å². The zero-order valence-corrected chi connectivity index (χ0v) is 13.2. The van der Waals surface area contributed by atoms with Crippen molar-refractivity contribution in [3.63, 3.8) is 0 Å². The highest BCUT2D eigenvalue weighted by atomic mass is 35.5. The highest BCUT2D eigenvalue weighted by molar-refractivity contribution is 6.30. The Kier molecular flexibility index (Phi) is 4.32. The summed E-state index contributed by atoms with van der Waals surface area (Å²) in [5.74, 6) is 0. The molecule has 1 saturated carbocycles. The Hall–Kier alpha value is -1.32. The summed E-state index contributed by atoms with van der Waals surface area (Å²) in [7, 11) is 0. The maximum atomic E-state index is 6.35. The molecular formula is C17H22ClN3. The molecule has 1 unspecified atom stereocenters. The molecule has 0 aliphatic heterocycles. The van der Waals surface area contributed by atoms with Crippen molar-refractivity contribution < 1.29 is 0 Å². The second-order valence-electron chi connectivity index (χ2n) is 6.04. The number of nitrogens with zero attached hydrogens (tertiary/aromatic N) is 2. The fourth-order valence-electron chi connectivity index (χ4n) is 3.20. The molecule has 0 bridgehead atoms. The van der Waals surface area contributed by atoms with E-state index in [1.165, 1.54) is 31.2 Å². The third kappa shape index (κ3) is 3.30. The van der Waals surface area contributed by atoms with Crippen LogP contribution in [-0.2, 0) is 6.42 Å². The molecule has 2 aromatic rings. The average Bonchev–Trinajstić information content (AvgIpc) is 3.11. The lowest BCUT2D eigenvalue weighted by Gasteiger charge is -2.14. The summed E-state index contributed by atoms with van der Waals surface area (Å²) >= 11 is 6.08. The molecule has 112 valence electrons. The number of nitrogens with two attached hydrogens (primary N) is 1. The predicted molar refractivity (Wildman–Crippen MR) is 86.6 cm³/mol. The Bertz CT molecular complexity index is 614. The van der Waals surface area contributed by atoms with Crippen LogP contribution in [0.15, 0.2) is 30.5 Å². The van der Waals surface area contributed by atoms with Gasteiger partial charge < -0.3 is 5.73 Å². The van der Waals surface area contributed by atoms with Crippen LogP contribution in [0.1, 0.15) is 54.6 Å². The van der Waals surface area contributed by atoms with Gasteiger partial charge in [0.15, 0.2) is 0 Å². The van der Waals surface area contributed by atoms with Gasteiger partial charge in [-0.3, -0.25) is 4.68 Å². The minimum Gasteiger partial charge on any atom is -0.324 e. The van der Waals surface area contributed by atoms with Gasteiger partial charge in [0.1, 0.15) is 0 Å². The van der Waals surface area contributed by atoms with E-state index in [9.17, 15) is 0 Å². The number of benzene rings is 1. The van der Waals surface area contributed by atoms with Gasteiger partial charge in [0, 0.05) is 23.7 Å². The van der Waals surface area contributed by atoms with Crippen LogP contribution in [0.25, 0.3) is 0 Å². The largest absolute Gasteiger partial charge is 0.324 e. The highest BCUT2D eigenvalue weighted by Gasteiger charge is 2.18. The molecule has 1 fully saturated rings. The Labute approximate surface area is 131 Å². The molecule has 0 amide bonds. The van der Waals surface area contributed by atoms with Crippen LogP contribution in [0.3, 0.4) is 0 Å². The molecule has 1 atom stereocenters. The summed E-state index contributed by atoms with van der Waals surface area (Å²) in [5, 5.41) is 5.45. The Morgan fingerprint density at radius 1 is 1.33 bits per heavy atom. The van der Waals surface area contributed by atoms with Crippen LogP contribution in [0.5, 0.6) is 0 Å². The van der Waals surface area contributed by atoms with E-state index in [-0.39, 0.29) is 6.04 Å². The molecule has 1 heterocycles. The number of aromatic nitrogens is 2. The molecule has 0 radical (unpaired) electrons. The molecule has 1 aliphatic carbocycles. The van der Waals surface area contributed by atoms with Gasteiger partial charge in [0.2, 0.25) is 0 Å². The van der Waals surface area contributed by atoms with Crippen LogP contribution >= 0.6 is 11.6 Å². The first-order valence-corrected chi connectivity index (χ1v) is 8.07. The van der Waals surface area contributed by atoms with Crippen molar-refractivity contribution in [3.8, 4) is 0 Å². The number of hydrogen-bond acceptors (Lipinski definition) is 2. The summed E-state index contributed by atoms with van der Waals surface area (Å²) in [5.41, 5.74) is 9.71. The molecule has 0 spiro atoms. The summed E-state index contributed by atoms with van der Waals surface area (Å²) in [6.07, 6.45) is 7.99. The molecule has 4 heteroatoms. The van der Waals surface area contributed by atoms with Crippen molar-refractivity contribution in [1.29, 1.82) is 0 Å². The van der Waals surface area contributed by atoms with Gasteiger partial charge in [0.25, 0.3) is 0 Å². The fourth-order valence-corrected chi connectivity index (χ4v) is 3.39. The standard InChI is InChI=1S/C17H22ClN3/c1-12-6-7-13(18)10-16(12)17(19)11-14-8-9-21(20-14)15-4-2-3-5-15/h6-10,15,17H,2-5,11,19H2,1H3. The van der Waals surface area contributed by atoms with E-state index in [1.54, 1.807) is 0 Å². The average molecular weight is 304 g/mol. The van der Waals surface area contributed by atoms with Crippen LogP contribution in [0.4, 0.5) is 0 Å². The topological polar surface area (TPSA) is 43.8 Å². The highest BCUT2D eigenvalue weighted by Crippen LogP contribution is 2.29. The Balaban J connectivity index is 1.72. The van der Waals surface area contributed by atoms with E-state index in [0.29, 0.717) is 6.04 Å². The SMILES string of the molecule is Cc1ccc(Cl)cc1C(N)Cc1ccn(C2CCCC2)n1. The molecule has 1 aliphatic rings. The Morgan fingerprint density at radius 3 is 2.86 bits per heavy atom. The van der Waals surface area contributed by atoms with Crippen molar-refractivity contribution in [2.75, 3.05) is 0 Å². The second kappa shape index (κ2) is 6.20. The summed E-state index contributed by atoms with van der Waals surface area (Å²) in [6, 6.07) is 8.52. The van der Waals surface area contributed by atoms with Gasteiger partial charge in [-0.15, -0.1) is 0 Å². The first-order valence-electron chi connectivity index (χ1n) is 7.69. The quantitative estimate of drug-likeness (QED) is 0.920. The zero-order chi connectivity index (χ0) is 14.8. The lowest BCUT2D eigenvalue weighted by Crippen LogP contribution is -2.15. The van der Waals surface area contributed by atoms with Gasteiger partial charge in [-0.1, -0.05) is 30.5 Å².